The topological polar surface area (TPSA) is 37.3 Å². The lowest BCUT2D eigenvalue weighted by Gasteiger charge is -2.57. The summed E-state index contributed by atoms with van der Waals surface area (Å²) in [6.45, 7) is 14.0. The van der Waals surface area contributed by atoms with Gasteiger partial charge in [-0.1, -0.05) is 53.2 Å². The maximum Gasteiger partial charge on any atom is 0.156 e. The predicted molar refractivity (Wildman–Crippen MR) is 129 cm³/mol. The lowest BCUT2D eigenvalue weighted by Crippen LogP contribution is -2.52. The molecular weight excluding hydrogens is 380 g/mol. The number of carbonyl (C=O) groups is 1. The first-order chi connectivity index (χ1) is 14.5. The molecule has 0 bridgehead atoms. The number of fused-ring (bicyclic) bond motifs is 5. The highest BCUT2D eigenvalue weighted by Gasteiger charge is 2.60. The van der Waals surface area contributed by atoms with Crippen LogP contribution in [0.1, 0.15) is 99.3 Å². The molecule has 0 aliphatic heterocycles. The van der Waals surface area contributed by atoms with E-state index in [9.17, 15) is 9.90 Å². The quantitative estimate of drug-likeness (QED) is 0.491. The Morgan fingerprint density at radius 3 is 2.58 bits per heavy atom. The minimum Gasteiger partial charge on any atom is -0.390 e. The van der Waals surface area contributed by atoms with E-state index in [0.29, 0.717) is 47.7 Å². The molecule has 174 valence electrons. The second-order valence-corrected chi connectivity index (χ2v) is 12.6. The second-order valence-electron chi connectivity index (χ2n) is 12.6. The zero-order valence-electron chi connectivity index (χ0n) is 20.9. The molecule has 2 fully saturated rings. The molecule has 1 N–H and O–H groups in total. The molecule has 0 aromatic heterocycles. The molecule has 4 aliphatic rings. The standard InChI is InChI=1S/C29H46O2/c1-7-20(19(2)3)12-17-29(6,31)26-11-10-24-23-9-8-21-18-22(30)13-15-27(21,4)25(23)14-16-28(24,26)5/h8-9,18-20,23-26,31H,7,10-17H2,1-6H3. The molecule has 0 aromatic rings. The van der Waals surface area contributed by atoms with Crippen molar-refractivity contribution in [2.75, 3.05) is 0 Å². The van der Waals surface area contributed by atoms with Gasteiger partial charge < -0.3 is 5.11 Å². The van der Waals surface area contributed by atoms with Crippen LogP contribution in [-0.2, 0) is 4.79 Å². The van der Waals surface area contributed by atoms with E-state index >= 15 is 0 Å². The predicted octanol–water partition coefficient (Wildman–Crippen LogP) is 7.12. The highest BCUT2D eigenvalue weighted by molar-refractivity contribution is 5.92. The summed E-state index contributed by atoms with van der Waals surface area (Å²) >= 11 is 0. The fourth-order valence-electron chi connectivity index (χ4n) is 8.68. The first-order valence-corrected chi connectivity index (χ1v) is 13.2. The van der Waals surface area contributed by atoms with E-state index in [1.165, 1.54) is 37.7 Å². The van der Waals surface area contributed by atoms with Crippen LogP contribution in [-0.4, -0.2) is 16.5 Å². The van der Waals surface area contributed by atoms with E-state index in [2.05, 4.69) is 53.7 Å². The van der Waals surface area contributed by atoms with Crippen LogP contribution >= 0.6 is 0 Å². The van der Waals surface area contributed by atoms with E-state index in [1.807, 2.05) is 6.08 Å². The van der Waals surface area contributed by atoms with Gasteiger partial charge in [0.15, 0.2) is 5.78 Å². The van der Waals surface area contributed by atoms with Crippen LogP contribution < -0.4 is 0 Å². The molecule has 8 atom stereocenters. The molecular formula is C29H46O2. The highest BCUT2D eigenvalue weighted by Crippen LogP contribution is 2.66. The van der Waals surface area contributed by atoms with Gasteiger partial charge >= 0.3 is 0 Å². The normalized spacial score (nSPS) is 42.5. The Morgan fingerprint density at radius 2 is 1.90 bits per heavy atom. The van der Waals surface area contributed by atoms with Gasteiger partial charge in [-0.15, -0.1) is 0 Å². The van der Waals surface area contributed by atoms with Crippen LogP contribution in [0.25, 0.3) is 0 Å². The molecule has 0 amide bonds. The van der Waals surface area contributed by atoms with Crippen LogP contribution in [0.15, 0.2) is 23.8 Å². The smallest absolute Gasteiger partial charge is 0.156 e. The average Bonchev–Trinajstić information content (AvgIpc) is 3.07. The van der Waals surface area contributed by atoms with Gasteiger partial charge in [0.05, 0.1) is 5.60 Å². The van der Waals surface area contributed by atoms with Gasteiger partial charge in [-0.05, 0) is 110 Å². The largest absolute Gasteiger partial charge is 0.390 e. The maximum atomic E-state index is 12.0. The van der Waals surface area contributed by atoms with Gasteiger partial charge in [0.25, 0.3) is 0 Å². The third-order valence-corrected chi connectivity index (χ3v) is 10.8. The number of carbonyl (C=O) groups excluding carboxylic acids is 1. The van der Waals surface area contributed by atoms with Gasteiger partial charge in [0.2, 0.25) is 0 Å². The Morgan fingerprint density at radius 1 is 1.16 bits per heavy atom. The number of aliphatic hydroxyl groups is 1. The van der Waals surface area contributed by atoms with Crippen LogP contribution in [0, 0.1) is 46.3 Å². The first kappa shape index (κ1) is 23.3. The molecule has 0 radical (unpaired) electrons. The van der Waals surface area contributed by atoms with Gasteiger partial charge in [-0.3, -0.25) is 4.79 Å². The van der Waals surface area contributed by atoms with Crippen LogP contribution in [0.3, 0.4) is 0 Å². The number of ketones is 1. The molecule has 2 nitrogen and oxygen atoms in total. The number of hydrogen-bond acceptors (Lipinski definition) is 2. The van der Waals surface area contributed by atoms with Crippen molar-refractivity contribution in [3.05, 3.63) is 23.8 Å². The molecule has 0 spiro atoms. The number of rotatable bonds is 6. The molecule has 4 aliphatic carbocycles. The van der Waals surface area contributed by atoms with Crippen molar-refractivity contribution in [3.63, 3.8) is 0 Å². The summed E-state index contributed by atoms with van der Waals surface area (Å²) in [5.41, 5.74) is 1.12. The highest BCUT2D eigenvalue weighted by atomic mass is 16.3. The zero-order chi connectivity index (χ0) is 22.6. The average molecular weight is 427 g/mol. The minimum atomic E-state index is -0.566. The Balaban J connectivity index is 1.55. The fraction of sp³-hybridized carbons (Fsp3) is 0.828. The Bertz CT molecular complexity index is 759. The van der Waals surface area contributed by atoms with Crippen LogP contribution in [0.4, 0.5) is 0 Å². The van der Waals surface area contributed by atoms with E-state index in [4.69, 9.17) is 0 Å². The number of allylic oxidation sites excluding steroid dienone is 4. The van der Waals surface area contributed by atoms with E-state index < -0.39 is 5.60 Å². The van der Waals surface area contributed by atoms with Crippen molar-refractivity contribution in [1.29, 1.82) is 0 Å². The molecule has 4 rings (SSSR count). The maximum absolute atomic E-state index is 12.0. The van der Waals surface area contributed by atoms with Crippen LogP contribution in [0.2, 0.25) is 0 Å². The van der Waals surface area contributed by atoms with E-state index in [1.54, 1.807) is 0 Å². The SMILES string of the molecule is CCC(CCC(C)(O)C1CCC2C3C=CC4=CC(=O)CCC4(C)C3CCC21C)C(C)C. The molecule has 8 unspecified atom stereocenters. The van der Waals surface area contributed by atoms with E-state index in [0.717, 1.165) is 19.3 Å². The van der Waals surface area contributed by atoms with Gasteiger partial charge in [-0.2, -0.15) is 0 Å². The fourth-order valence-corrected chi connectivity index (χ4v) is 8.68. The van der Waals surface area contributed by atoms with Crippen molar-refractivity contribution in [2.45, 2.75) is 105 Å². The Labute approximate surface area is 191 Å². The third-order valence-electron chi connectivity index (χ3n) is 10.8. The van der Waals surface area contributed by atoms with Crippen molar-refractivity contribution in [3.8, 4) is 0 Å². The minimum absolute atomic E-state index is 0.168. The molecule has 0 aromatic carbocycles. The summed E-state index contributed by atoms with van der Waals surface area (Å²) in [5, 5.41) is 11.7. The second kappa shape index (κ2) is 8.15. The number of hydrogen-bond donors (Lipinski definition) is 1. The zero-order valence-corrected chi connectivity index (χ0v) is 20.9. The van der Waals surface area contributed by atoms with Crippen molar-refractivity contribution in [2.24, 2.45) is 46.3 Å². The molecule has 31 heavy (non-hydrogen) atoms. The van der Waals surface area contributed by atoms with Crippen molar-refractivity contribution in [1.82, 2.24) is 0 Å². The summed E-state index contributed by atoms with van der Waals surface area (Å²) in [6.07, 6.45) is 16.6. The lowest BCUT2D eigenvalue weighted by molar-refractivity contribution is -0.117. The lowest BCUT2D eigenvalue weighted by atomic mass is 9.48. The molecule has 2 saturated carbocycles. The monoisotopic (exact) mass is 426 g/mol. The van der Waals surface area contributed by atoms with Crippen molar-refractivity contribution >= 4 is 5.78 Å². The van der Waals surface area contributed by atoms with Gasteiger partial charge in [0, 0.05) is 6.42 Å². The summed E-state index contributed by atoms with van der Waals surface area (Å²) in [7, 11) is 0. The molecule has 0 heterocycles. The molecule has 0 saturated heterocycles. The Kier molecular flexibility index (Phi) is 6.12. The molecule has 2 heteroatoms. The summed E-state index contributed by atoms with van der Waals surface area (Å²) < 4.78 is 0. The Hall–Kier alpha value is -0.890. The van der Waals surface area contributed by atoms with Gasteiger partial charge in [0.1, 0.15) is 0 Å². The first-order valence-electron chi connectivity index (χ1n) is 13.2. The van der Waals surface area contributed by atoms with Crippen LogP contribution in [0.5, 0.6) is 0 Å². The van der Waals surface area contributed by atoms with Crippen molar-refractivity contribution < 1.29 is 9.90 Å². The third kappa shape index (κ3) is 3.79. The summed E-state index contributed by atoms with van der Waals surface area (Å²) in [6, 6.07) is 0. The van der Waals surface area contributed by atoms with Gasteiger partial charge in [-0.25, -0.2) is 0 Å². The summed E-state index contributed by atoms with van der Waals surface area (Å²) in [5.74, 6) is 4.05. The van der Waals surface area contributed by atoms with E-state index in [-0.39, 0.29) is 10.8 Å². The summed E-state index contributed by atoms with van der Waals surface area (Å²) in [4.78, 5) is 12.0.